The molecule has 0 saturated carbocycles. The fourth-order valence-electron chi connectivity index (χ4n) is 1.66. The largest absolute Gasteiger partial charge is 1.00 e. The molecule has 0 amide bonds. The number of fused-ring (bicyclic) bond motifs is 1. The van der Waals surface area contributed by atoms with Crippen LogP contribution in [0.15, 0.2) is 36.4 Å². The molecule has 0 N–H and O–H groups in total. The van der Waals surface area contributed by atoms with Crippen molar-refractivity contribution in [1.82, 2.24) is 0 Å². The first-order chi connectivity index (χ1) is 7.61. The number of carbonyl (C=O) groups is 2. The zero-order valence-electron chi connectivity index (χ0n) is 10.1. The van der Waals surface area contributed by atoms with Crippen LogP contribution in [0.25, 0.3) is 10.8 Å². The zero-order chi connectivity index (χ0) is 11.7. The minimum Gasteiger partial charge on any atom is -0.545 e. The van der Waals surface area contributed by atoms with E-state index >= 15 is 0 Å². The second-order valence-corrected chi connectivity index (χ2v) is 3.28. The fraction of sp³-hybridized carbons (Fsp3) is 0. The first-order valence-electron chi connectivity index (χ1n) is 4.55. The van der Waals surface area contributed by atoms with Crippen molar-refractivity contribution in [2.75, 3.05) is 0 Å². The molecule has 80 valence electrons. The molecule has 0 atom stereocenters. The molecule has 0 radical (unpaired) electrons. The molecule has 0 aliphatic heterocycles. The van der Waals surface area contributed by atoms with Crippen molar-refractivity contribution in [2.45, 2.75) is 0 Å². The van der Waals surface area contributed by atoms with E-state index in [1.165, 1.54) is 18.2 Å². The molecule has 18 heavy (non-hydrogen) atoms. The number of hydrogen-bond acceptors (Lipinski definition) is 4. The molecular weight excluding hydrogens is 222 g/mol. The Balaban J connectivity index is 0.00000144. The van der Waals surface area contributed by atoms with Gasteiger partial charge in [0.2, 0.25) is 0 Å². The summed E-state index contributed by atoms with van der Waals surface area (Å²) in [4.78, 5) is 21.7. The van der Waals surface area contributed by atoms with Gasteiger partial charge in [-0.3, -0.25) is 0 Å². The van der Waals surface area contributed by atoms with Gasteiger partial charge >= 0.3 is 37.7 Å². The fourth-order valence-corrected chi connectivity index (χ4v) is 1.66. The summed E-state index contributed by atoms with van der Waals surface area (Å²) in [6.45, 7) is 0. The molecule has 0 aromatic heterocycles. The van der Waals surface area contributed by atoms with E-state index in [0.717, 1.165) is 0 Å². The van der Waals surface area contributed by atoms with Gasteiger partial charge in [-0.1, -0.05) is 36.4 Å². The van der Waals surface area contributed by atoms with Gasteiger partial charge in [-0.2, -0.15) is 0 Å². The van der Waals surface area contributed by atoms with Crippen molar-refractivity contribution in [3.8, 4) is 0 Å². The van der Waals surface area contributed by atoms with E-state index in [4.69, 9.17) is 0 Å². The Hall–Kier alpha value is -1.17. The Labute approximate surface area is 127 Å². The van der Waals surface area contributed by atoms with Crippen molar-refractivity contribution >= 4 is 22.7 Å². The maximum Gasteiger partial charge on any atom is 1.00 e. The molecule has 0 aliphatic carbocycles. The Morgan fingerprint density at radius 1 is 0.833 bits per heavy atom. The number of rotatable bonds is 2. The molecule has 0 saturated heterocycles. The van der Waals surface area contributed by atoms with Gasteiger partial charge in [0.1, 0.15) is 0 Å². The maximum absolute atomic E-state index is 10.9. The Kier molecular flexibility index (Phi) is 6.25. The third-order valence-corrected chi connectivity index (χ3v) is 2.35. The Bertz CT molecular complexity index is 596. The van der Waals surface area contributed by atoms with E-state index in [1.807, 2.05) is 0 Å². The average Bonchev–Trinajstić information content (AvgIpc) is 2.27. The van der Waals surface area contributed by atoms with Crippen LogP contribution in [0.5, 0.6) is 0 Å². The van der Waals surface area contributed by atoms with E-state index in [-0.39, 0.29) is 48.8 Å². The molecule has 2 aromatic rings. The molecule has 0 fully saturated rings. The van der Waals surface area contributed by atoms with Crippen molar-refractivity contribution in [3.63, 3.8) is 0 Å². The molecule has 0 heterocycles. The summed E-state index contributed by atoms with van der Waals surface area (Å²) in [5.41, 5.74) is -0.697. The second kappa shape index (κ2) is 6.68. The number of benzene rings is 2. The van der Waals surface area contributed by atoms with Gasteiger partial charge in [-0.25, -0.2) is 0 Å². The number of aromatic carboxylic acids is 2. The summed E-state index contributed by atoms with van der Waals surface area (Å²) in [5, 5.41) is 22.7. The van der Waals surface area contributed by atoms with Crippen molar-refractivity contribution in [1.29, 1.82) is 0 Å². The first-order valence-corrected chi connectivity index (χ1v) is 4.55. The standard InChI is InChI=1S/C12H8O4.2Li/c13-11(14)9-6-5-7-3-1-2-4-8(7)10(9)12(15)16;;/h1-6H,(H,13,14)(H,15,16);;/q;2*+1/p-2. The molecule has 0 unspecified atom stereocenters. The predicted octanol–water partition coefficient (Wildman–Crippen LogP) is -6.43. The minimum atomic E-state index is -1.52. The molecule has 6 heteroatoms. The number of carboxylic acid groups (broad SMARTS) is 2. The van der Waals surface area contributed by atoms with Crippen molar-refractivity contribution in [2.24, 2.45) is 0 Å². The Morgan fingerprint density at radius 3 is 2.00 bits per heavy atom. The van der Waals surface area contributed by atoms with E-state index in [9.17, 15) is 19.8 Å². The molecule has 2 rings (SSSR count). The topological polar surface area (TPSA) is 80.3 Å². The summed E-state index contributed by atoms with van der Waals surface area (Å²) >= 11 is 0. The van der Waals surface area contributed by atoms with Crippen molar-refractivity contribution in [3.05, 3.63) is 47.5 Å². The monoisotopic (exact) mass is 228 g/mol. The molecule has 0 spiro atoms. The van der Waals surface area contributed by atoms with E-state index in [1.54, 1.807) is 18.2 Å². The van der Waals surface area contributed by atoms with Crippen LogP contribution >= 0.6 is 0 Å². The van der Waals surface area contributed by atoms with E-state index in [0.29, 0.717) is 10.8 Å². The predicted molar refractivity (Wildman–Crippen MR) is 52.6 cm³/mol. The smallest absolute Gasteiger partial charge is 0.545 e. The SMILES string of the molecule is O=C([O-])c1ccc2ccccc2c1C(=O)[O-].[Li+].[Li+]. The summed E-state index contributed by atoms with van der Waals surface area (Å²) in [7, 11) is 0. The molecule has 2 aromatic carbocycles. The molecular formula is C12H6Li2O4. The van der Waals surface area contributed by atoms with Crippen LogP contribution in [-0.2, 0) is 0 Å². The van der Waals surface area contributed by atoms with Crippen LogP contribution in [0.4, 0.5) is 0 Å². The maximum atomic E-state index is 10.9. The zero-order valence-corrected chi connectivity index (χ0v) is 10.1. The van der Waals surface area contributed by atoms with Crippen LogP contribution < -0.4 is 47.9 Å². The van der Waals surface area contributed by atoms with Gasteiger partial charge in [0, 0.05) is 11.1 Å². The summed E-state index contributed by atoms with van der Waals surface area (Å²) in [6, 6.07) is 9.34. The second-order valence-electron chi connectivity index (χ2n) is 3.28. The molecule has 0 bridgehead atoms. The summed E-state index contributed by atoms with van der Waals surface area (Å²) in [6.07, 6.45) is 0. The van der Waals surface area contributed by atoms with Crippen LogP contribution in [0.1, 0.15) is 20.7 Å². The number of hydrogen-bond donors (Lipinski definition) is 0. The van der Waals surface area contributed by atoms with Gasteiger partial charge in [0.25, 0.3) is 0 Å². The van der Waals surface area contributed by atoms with Gasteiger partial charge in [0.05, 0.1) is 11.9 Å². The number of carboxylic acids is 2. The van der Waals surface area contributed by atoms with Crippen molar-refractivity contribution < 1.29 is 57.5 Å². The van der Waals surface area contributed by atoms with Gasteiger partial charge in [-0.15, -0.1) is 0 Å². The van der Waals surface area contributed by atoms with Crippen LogP contribution in [0, 0.1) is 0 Å². The molecule has 4 nitrogen and oxygen atoms in total. The minimum absolute atomic E-state index is 0. The van der Waals surface area contributed by atoms with Gasteiger partial charge in [0.15, 0.2) is 0 Å². The third kappa shape index (κ3) is 2.99. The van der Waals surface area contributed by atoms with Crippen LogP contribution in [0.2, 0.25) is 0 Å². The number of carbonyl (C=O) groups excluding carboxylic acids is 2. The third-order valence-electron chi connectivity index (χ3n) is 2.35. The normalized spacial score (nSPS) is 9.11. The van der Waals surface area contributed by atoms with E-state index in [2.05, 4.69) is 0 Å². The summed E-state index contributed by atoms with van der Waals surface area (Å²) in [5.74, 6) is -3.04. The summed E-state index contributed by atoms with van der Waals surface area (Å²) < 4.78 is 0. The Morgan fingerprint density at radius 2 is 1.44 bits per heavy atom. The first kappa shape index (κ1) is 16.8. The van der Waals surface area contributed by atoms with E-state index < -0.39 is 11.9 Å². The van der Waals surface area contributed by atoms with Gasteiger partial charge in [-0.05, 0) is 10.8 Å². The average molecular weight is 228 g/mol. The molecule has 0 aliphatic rings. The van der Waals surface area contributed by atoms with Gasteiger partial charge < -0.3 is 19.8 Å². The van der Waals surface area contributed by atoms with Crippen LogP contribution in [0.3, 0.4) is 0 Å². The quantitative estimate of drug-likeness (QED) is 0.479. The van der Waals surface area contributed by atoms with Crippen LogP contribution in [-0.4, -0.2) is 11.9 Å².